The van der Waals surface area contributed by atoms with Crippen LogP contribution in [-0.2, 0) is 6.54 Å². The van der Waals surface area contributed by atoms with E-state index >= 15 is 0 Å². The zero-order valence-electron chi connectivity index (χ0n) is 13.2. The summed E-state index contributed by atoms with van der Waals surface area (Å²) >= 11 is 6.08. The van der Waals surface area contributed by atoms with E-state index < -0.39 is 10.8 Å². The van der Waals surface area contributed by atoms with Gasteiger partial charge in [-0.25, -0.2) is 4.39 Å². The van der Waals surface area contributed by atoms with Crippen LogP contribution in [0.3, 0.4) is 0 Å². The Morgan fingerprint density at radius 1 is 1.27 bits per heavy atom. The van der Waals surface area contributed by atoms with Gasteiger partial charge in [0, 0.05) is 23.9 Å². The van der Waals surface area contributed by atoms with Crippen LogP contribution in [-0.4, -0.2) is 20.6 Å². The van der Waals surface area contributed by atoms with E-state index in [1.165, 1.54) is 47.3 Å². The third-order valence-electron chi connectivity index (χ3n) is 3.53. The van der Waals surface area contributed by atoms with Crippen molar-refractivity contribution in [3.8, 4) is 0 Å². The maximum atomic E-state index is 12.9. The van der Waals surface area contributed by atoms with E-state index in [-0.39, 0.29) is 27.9 Å². The molecule has 0 aliphatic heterocycles. The van der Waals surface area contributed by atoms with E-state index in [1.54, 1.807) is 12.1 Å². The number of halogens is 2. The third kappa shape index (κ3) is 4.04. The molecular formula is C17H12ClFN4O3. The van der Waals surface area contributed by atoms with Gasteiger partial charge in [-0.1, -0.05) is 29.8 Å². The number of carbonyl (C=O) groups is 1. The van der Waals surface area contributed by atoms with Crippen molar-refractivity contribution in [3.05, 3.63) is 86.8 Å². The van der Waals surface area contributed by atoms with Crippen molar-refractivity contribution in [1.29, 1.82) is 0 Å². The second kappa shape index (κ2) is 7.32. The van der Waals surface area contributed by atoms with Crippen LogP contribution in [0.1, 0.15) is 15.9 Å². The number of anilines is 1. The normalized spacial score (nSPS) is 10.5. The molecule has 26 heavy (non-hydrogen) atoms. The molecule has 0 aliphatic carbocycles. The Morgan fingerprint density at radius 2 is 2.00 bits per heavy atom. The molecular weight excluding hydrogens is 363 g/mol. The highest BCUT2D eigenvalue weighted by molar-refractivity contribution is 6.33. The number of hydrogen-bond acceptors (Lipinski definition) is 4. The van der Waals surface area contributed by atoms with Crippen LogP contribution >= 0.6 is 11.6 Å². The molecule has 3 aromatic rings. The molecule has 0 spiro atoms. The molecule has 0 radical (unpaired) electrons. The number of nitrogens with one attached hydrogen (secondary N) is 1. The Morgan fingerprint density at radius 3 is 2.69 bits per heavy atom. The number of hydrogen-bond donors (Lipinski definition) is 1. The first kappa shape index (κ1) is 17.6. The second-order valence-electron chi connectivity index (χ2n) is 5.41. The quantitative estimate of drug-likeness (QED) is 0.542. The van der Waals surface area contributed by atoms with Gasteiger partial charge in [-0.15, -0.1) is 0 Å². The number of amides is 1. The molecule has 0 aliphatic rings. The predicted molar refractivity (Wildman–Crippen MR) is 93.8 cm³/mol. The van der Waals surface area contributed by atoms with Gasteiger partial charge in [0.2, 0.25) is 0 Å². The average Bonchev–Trinajstić information content (AvgIpc) is 2.96. The molecule has 0 fully saturated rings. The summed E-state index contributed by atoms with van der Waals surface area (Å²) in [7, 11) is 0. The molecule has 1 N–H and O–H groups in total. The summed E-state index contributed by atoms with van der Waals surface area (Å²) in [5, 5.41) is 17.7. The van der Waals surface area contributed by atoms with Crippen LogP contribution in [0.25, 0.3) is 0 Å². The summed E-state index contributed by atoms with van der Waals surface area (Å²) in [6, 6.07) is 11.2. The number of benzene rings is 2. The summed E-state index contributed by atoms with van der Waals surface area (Å²) in [5.41, 5.74) is 0.732. The third-order valence-corrected chi connectivity index (χ3v) is 3.80. The molecule has 3 rings (SSSR count). The molecule has 9 heteroatoms. The summed E-state index contributed by atoms with van der Waals surface area (Å²) in [6.07, 6.45) is 1.52. The maximum Gasteiger partial charge on any atom is 0.270 e. The fourth-order valence-corrected chi connectivity index (χ4v) is 2.48. The van der Waals surface area contributed by atoms with Crippen molar-refractivity contribution in [2.45, 2.75) is 6.54 Å². The standard InChI is InChI=1S/C17H12ClFN4O3/c18-15-10-22(9-11-4-6-13(19)7-5-11)21-16(15)20-17(24)12-2-1-3-14(8-12)23(25)26/h1-8,10H,9H2,(H,20,21,24). The number of aromatic nitrogens is 2. The van der Waals surface area contributed by atoms with E-state index in [0.29, 0.717) is 6.54 Å². The molecule has 132 valence electrons. The number of nitro benzene ring substituents is 1. The number of nitro groups is 1. The smallest absolute Gasteiger partial charge is 0.270 e. The van der Waals surface area contributed by atoms with Crippen LogP contribution in [0.2, 0.25) is 5.02 Å². The predicted octanol–water partition coefficient (Wildman–Crippen LogP) is 3.88. The zero-order valence-corrected chi connectivity index (χ0v) is 14.0. The van der Waals surface area contributed by atoms with Gasteiger partial charge >= 0.3 is 0 Å². The minimum atomic E-state index is -0.582. The summed E-state index contributed by atoms with van der Waals surface area (Å²) in [4.78, 5) is 22.5. The van der Waals surface area contributed by atoms with E-state index in [1.807, 2.05) is 0 Å². The Balaban J connectivity index is 1.75. The minimum Gasteiger partial charge on any atom is -0.304 e. The van der Waals surface area contributed by atoms with Crippen LogP contribution in [0.4, 0.5) is 15.9 Å². The van der Waals surface area contributed by atoms with Gasteiger partial charge in [0.15, 0.2) is 5.82 Å². The highest BCUT2D eigenvalue weighted by Crippen LogP contribution is 2.21. The average molecular weight is 375 g/mol. The van der Waals surface area contributed by atoms with Crippen molar-refractivity contribution >= 4 is 29.0 Å². The van der Waals surface area contributed by atoms with Gasteiger partial charge in [0.1, 0.15) is 10.8 Å². The first-order valence-corrected chi connectivity index (χ1v) is 7.83. The molecule has 1 aromatic heterocycles. The van der Waals surface area contributed by atoms with Gasteiger partial charge in [-0.05, 0) is 23.8 Å². The number of nitrogens with zero attached hydrogens (tertiary/aromatic N) is 3. The number of carbonyl (C=O) groups excluding carboxylic acids is 1. The zero-order chi connectivity index (χ0) is 18.7. The summed E-state index contributed by atoms with van der Waals surface area (Å²) < 4.78 is 14.4. The lowest BCUT2D eigenvalue weighted by Gasteiger charge is -2.03. The van der Waals surface area contributed by atoms with Crippen molar-refractivity contribution in [2.75, 3.05) is 5.32 Å². The molecule has 1 heterocycles. The van der Waals surface area contributed by atoms with Crippen molar-refractivity contribution in [2.24, 2.45) is 0 Å². The molecule has 0 bridgehead atoms. The highest BCUT2D eigenvalue weighted by Gasteiger charge is 2.15. The molecule has 0 saturated carbocycles. The van der Waals surface area contributed by atoms with Crippen molar-refractivity contribution < 1.29 is 14.1 Å². The Hall–Kier alpha value is -3.26. The monoisotopic (exact) mass is 374 g/mol. The van der Waals surface area contributed by atoms with Gasteiger partial charge in [0.05, 0.1) is 11.5 Å². The summed E-state index contributed by atoms with van der Waals surface area (Å²) in [5.74, 6) is -0.773. The highest BCUT2D eigenvalue weighted by atomic mass is 35.5. The van der Waals surface area contributed by atoms with Gasteiger partial charge in [-0.2, -0.15) is 5.10 Å². The second-order valence-corrected chi connectivity index (χ2v) is 5.82. The Labute approximate surface area is 152 Å². The van der Waals surface area contributed by atoms with Crippen molar-refractivity contribution in [3.63, 3.8) is 0 Å². The Bertz CT molecular complexity index is 972. The molecule has 0 unspecified atom stereocenters. The molecule has 2 aromatic carbocycles. The minimum absolute atomic E-state index is 0.114. The van der Waals surface area contributed by atoms with E-state index in [2.05, 4.69) is 10.4 Å². The maximum absolute atomic E-state index is 12.9. The molecule has 0 atom stereocenters. The lowest BCUT2D eigenvalue weighted by atomic mass is 10.2. The fourth-order valence-electron chi connectivity index (χ4n) is 2.28. The van der Waals surface area contributed by atoms with E-state index in [4.69, 9.17) is 11.6 Å². The summed E-state index contributed by atoms with van der Waals surface area (Å²) in [6.45, 7) is 0.340. The van der Waals surface area contributed by atoms with Crippen LogP contribution in [0, 0.1) is 15.9 Å². The Kier molecular flexibility index (Phi) is 4.94. The molecule has 0 saturated heterocycles. The van der Waals surface area contributed by atoms with Crippen LogP contribution in [0.15, 0.2) is 54.7 Å². The largest absolute Gasteiger partial charge is 0.304 e. The first-order chi connectivity index (χ1) is 12.4. The van der Waals surface area contributed by atoms with Crippen LogP contribution < -0.4 is 5.32 Å². The lowest BCUT2D eigenvalue weighted by molar-refractivity contribution is -0.384. The number of rotatable bonds is 5. The first-order valence-electron chi connectivity index (χ1n) is 7.45. The van der Waals surface area contributed by atoms with Crippen LogP contribution in [0.5, 0.6) is 0 Å². The van der Waals surface area contributed by atoms with E-state index in [0.717, 1.165) is 5.56 Å². The van der Waals surface area contributed by atoms with Gasteiger partial charge in [0.25, 0.3) is 11.6 Å². The lowest BCUT2D eigenvalue weighted by Crippen LogP contribution is -2.13. The fraction of sp³-hybridized carbons (Fsp3) is 0.0588. The van der Waals surface area contributed by atoms with Crippen molar-refractivity contribution in [1.82, 2.24) is 9.78 Å². The topological polar surface area (TPSA) is 90.1 Å². The van der Waals surface area contributed by atoms with Gasteiger partial charge in [-0.3, -0.25) is 19.6 Å². The SMILES string of the molecule is O=C(Nc1nn(Cc2ccc(F)cc2)cc1Cl)c1cccc([N+](=O)[O-])c1. The van der Waals surface area contributed by atoms with Gasteiger partial charge < -0.3 is 5.32 Å². The molecule has 7 nitrogen and oxygen atoms in total. The molecule has 1 amide bonds. The number of non-ortho nitro benzene ring substituents is 1. The van der Waals surface area contributed by atoms with E-state index in [9.17, 15) is 19.3 Å².